The standard InChI is InChI=1S/C18H23N3OS/c1-12-8-13(2)10-15(9-12)20-18(22)17-14(3)19-16(23-17)11-21-6-4-5-7-21/h8-10H,4-7,11H2,1-3H3,(H,20,22). The largest absolute Gasteiger partial charge is 0.321 e. The molecule has 0 unspecified atom stereocenters. The van der Waals surface area contributed by atoms with Gasteiger partial charge in [0.15, 0.2) is 0 Å². The van der Waals surface area contributed by atoms with Gasteiger partial charge in [0.1, 0.15) is 9.88 Å². The summed E-state index contributed by atoms with van der Waals surface area (Å²) in [4.78, 5) is 20.3. The number of nitrogens with zero attached hydrogens (tertiary/aromatic N) is 2. The molecule has 23 heavy (non-hydrogen) atoms. The molecule has 1 aromatic heterocycles. The SMILES string of the molecule is Cc1cc(C)cc(NC(=O)c2sc(CN3CCCC3)nc2C)c1. The molecule has 0 saturated carbocycles. The number of anilines is 1. The Kier molecular flexibility index (Phi) is 4.78. The molecule has 2 aromatic rings. The third-order valence-electron chi connectivity index (χ3n) is 4.08. The van der Waals surface area contributed by atoms with E-state index in [1.54, 1.807) is 0 Å². The predicted octanol–water partition coefficient (Wildman–Crippen LogP) is 3.92. The van der Waals surface area contributed by atoms with E-state index in [2.05, 4.69) is 21.3 Å². The molecule has 122 valence electrons. The molecule has 0 bridgehead atoms. The van der Waals surface area contributed by atoms with Crippen LogP contribution in [0.25, 0.3) is 0 Å². The lowest BCUT2D eigenvalue weighted by atomic mass is 10.1. The number of aryl methyl sites for hydroxylation is 3. The van der Waals surface area contributed by atoms with Crippen molar-refractivity contribution in [2.75, 3.05) is 18.4 Å². The lowest BCUT2D eigenvalue weighted by molar-refractivity contribution is 0.103. The number of likely N-dealkylation sites (tertiary alicyclic amines) is 1. The Morgan fingerprint density at radius 1 is 1.17 bits per heavy atom. The maximum Gasteiger partial charge on any atom is 0.267 e. The maximum atomic E-state index is 12.6. The van der Waals surface area contributed by atoms with Crippen LogP contribution < -0.4 is 5.32 Å². The molecule has 0 spiro atoms. The Bertz CT molecular complexity index is 697. The molecule has 1 aliphatic heterocycles. The van der Waals surface area contributed by atoms with Gasteiger partial charge in [-0.3, -0.25) is 9.69 Å². The molecule has 0 atom stereocenters. The highest BCUT2D eigenvalue weighted by Crippen LogP contribution is 2.23. The molecule has 5 heteroatoms. The number of rotatable bonds is 4. The van der Waals surface area contributed by atoms with E-state index >= 15 is 0 Å². The normalized spacial score (nSPS) is 15.1. The molecule has 1 aromatic carbocycles. The summed E-state index contributed by atoms with van der Waals surface area (Å²) in [6, 6.07) is 6.08. The monoisotopic (exact) mass is 329 g/mol. The molecule has 1 fully saturated rings. The molecule has 0 aliphatic carbocycles. The fourth-order valence-electron chi connectivity index (χ4n) is 3.10. The molecular formula is C18H23N3OS. The fraction of sp³-hybridized carbons (Fsp3) is 0.444. The van der Waals surface area contributed by atoms with Gasteiger partial charge in [-0.2, -0.15) is 0 Å². The van der Waals surface area contributed by atoms with Crippen molar-refractivity contribution < 1.29 is 4.79 Å². The van der Waals surface area contributed by atoms with Crippen LogP contribution in [0.1, 0.15) is 44.3 Å². The van der Waals surface area contributed by atoms with Gasteiger partial charge in [-0.25, -0.2) is 4.98 Å². The maximum absolute atomic E-state index is 12.6. The van der Waals surface area contributed by atoms with Crippen LogP contribution in [0.2, 0.25) is 0 Å². The minimum Gasteiger partial charge on any atom is -0.321 e. The quantitative estimate of drug-likeness (QED) is 0.925. The van der Waals surface area contributed by atoms with E-state index in [9.17, 15) is 4.79 Å². The second-order valence-corrected chi connectivity index (χ2v) is 7.42. The van der Waals surface area contributed by atoms with Crippen LogP contribution in [0.5, 0.6) is 0 Å². The molecule has 0 radical (unpaired) electrons. The van der Waals surface area contributed by atoms with Crippen LogP contribution in [-0.2, 0) is 6.54 Å². The van der Waals surface area contributed by atoms with Crippen molar-refractivity contribution >= 4 is 22.9 Å². The summed E-state index contributed by atoms with van der Waals surface area (Å²) in [6.45, 7) is 9.14. The summed E-state index contributed by atoms with van der Waals surface area (Å²) >= 11 is 1.52. The minimum atomic E-state index is -0.0577. The number of amides is 1. The van der Waals surface area contributed by atoms with Crippen LogP contribution in [0.15, 0.2) is 18.2 Å². The summed E-state index contributed by atoms with van der Waals surface area (Å²) in [5.41, 5.74) is 3.97. The third kappa shape index (κ3) is 3.98. The zero-order valence-electron chi connectivity index (χ0n) is 14.0. The lowest BCUT2D eigenvalue weighted by Gasteiger charge is -2.11. The smallest absolute Gasteiger partial charge is 0.267 e. The number of aromatic nitrogens is 1. The van der Waals surface area contributed by atoms with Gasteiger partial charge in [0.2, 0.25) is 0 Å². The fourth-order valence-corrected chi connectivity index (χ4v) is 4.10. The van der Waals surface area contributed by atoms with Crippen molar-refractivity contribution in [2.45, 2.75) is 40.2 Å². The lowest BCUT2D eigenvalue weighted by Crippen LogP contribution is -2.18. The molecule has 2 heterocycles. The Morgan fingerprint density at radius 2 is 1.83 bits per heavy atom. The average Bonchev–Trinajstić information content (AvgIpc) is 3.07. The zero-order valence-corrected chi connectivity index (χ0v) is 14.8. The number of nitrogens with one attached hydrogen (secondary N) is 1. The van der Waals surface area contributed by atoms with Crippen LogP contribution >= 0.6 is 11.3 Å². The molecular weight excluding hydrogens is 306 g/mol. The topological polar surface area (TPSA) is 45.2 Å². The van der Waals surface area contributed by atoms with Gasteiger partial charge in [-0.15, -0.1) is 11.3 Å². The molecule has 1 amide bonds. The highest BCUT2D eigenvalue weighted by molar-refractivity contribution is 7.13. The van der Waals surface area contributed by atoms with Crippen LogP contribution in [-0.4, -0.2) is 28.9 Å². The highest BCUT2D eigenvalue weighted by atomic mass is 32.1. The first-order valence-electron chi connectivity index (χ1n) is 8.09. The van der Waals surface area contributed by atoms with E-state index in [1.165, 1.54) is 24.2 Å². The number of carbonyl (C=O) groups is 1. The van der Waals surface area contributed by atoms with Crippen molar-refractivity contribution in [1.82, 2.24) is 9.88 Å². The first kappa shape index (κ1) is 16.1. The van der Waals surface area contributed by atoms with Gasteiger partial charge in [-0.1, -0.05) is 6.07 Å². The van der Waals surface area contributed by atoms with Crippen LogP contribution in [0.3, 0.4) is 0 Å². The predicted molar refractivity (Wildman–Crippen MR) is 95.2 cm³/mol. The van der Waals surface area contributed by atoms with E-state index in [4.69, 9.17) is 0 Å². The highest BCUT2D eigenvalue weighted by Gasteiger charge is 2.19. The minimum absolute atomic E-state index is 0.0577. The van der Waals surface area contributed by atoms with Crippen molar-refractivity contribution in [2.24, 2.45) is 0 Å². The molecule has 3 rings (SSSR count). The average molecular weight is 329 g/mol. The Labute approximate surface area is 141 Å². The van der Waals surface area contributed by atoms with Crippen molar-refractivity contribution in [3.63, 3.8) is 0 Å². The second-order valence-electron chi connectivity index (χ2n) is 6.34. The number of carbonyl (C=O) groups excluding carboxylic acids is 1. The zero-order chi connectivity index (χ0) is 16.4. The molecule has 1 aliphatic rings. The first-order valence-corrected chi connectivity index (χ1v) is 8.91. The summed E-state index contributed by atoms with van der Waals surface area (Å²) in [6.07, 6.45) is 2.54. The second kappa shape index (κ2) is 6.81. The van der Waals surface area contributed by atoms with Crippen LogP contribution in [0.4, 0.5) is 5.69 Å². The van der Waals surface area contributed by atoms with E-state index in [0.29, 0.717) is 0 Å². The number of benzene rings is 1. The van der Waals surface area contributed by atoms with E-state index < -0.39 is 0 Å². The Balaban J connectivity index is 1.72. The van der Waals surface area contributed by atoms with Gasteiger partial charge in [0, 0.05) is 5.69 Å². The number of thiazole rings is 1. The van der Waals surface area contributed by atoms with E-state index in [-0.39, 0.29) is 5.91 Å². The number of hydrogen-bond donors (Lipinski definition) is 1. The van der Waals surface area contributed by atoms with Crippen molar-refractivity contribution in [1.29, 1.82) is 0 Å². The van der Waals surface area contributed by atoms with Crippen molar-refractivity contribution in [3.05, 3.63) is 44.9 Å². The van der Waals surface area contributed by atoms with E-state index in [1.807, 2.05) is 32.9 Å². The van der Waals surface area contributed by atoms with Crippen LogP contribution in [0, 0.1) is 20.8 Å². The number of hydrogen-bond acceptors (Lipinski definition) is 4. The van der Waals surface area contributed by atoms with Gasteiger partial charge < -0.3 is 5.32 Å². The van der Waals surface area contributed by atoms with Gasteiger partial charge in [-0.05, 0) is 70.0 Å². The summed E-state index contributed by atoms with van der Waals surface area (Å²) in [5.74, 6) is -0.0577. The van der Waals surface area contributed by atoms with E-state index in [0.717, 1.165) is 52.0 Å². The Hall–Kier alpha value is -1.72. The van der Waals surface area contributed by atoms with Gasteiger partial charge in [0.25, 0.3) is 5.91 Å². The summed E-state index contributed by atoms with van der Waals surface area (Å²) in [7, 11) is 0. The molecule has 1 N–H and O–H groups in total. The van der Waals surface area contributed by atoms with Gasteiger partial charge >= 0.3 is 0 Å². The molecule has 4 nitrogen and oxygen atoms in total. The summed E-state index contributed by atoms with van der Waals surface area (Å²) in [5, 5.41) is 4.04. The van der Waals surface area contributed by atoms with Crippen molar-refractivity contribution in [3.8, 4) is 0 Å². The summed E-state index contributed by atoms with van der Waals surface area (Å²) < 4.78 is 0. The first-order chi connectivity index (χ1) is 11.0. The molecule has 1 saturated heterocycles. The van der Waals surface area contributed by atoms with Gasteiger partial charge in [0.05, 0.1) is 12.2 Å². The third-order valence-corrected chi connectivity index (χ3v) is 5.23. The Morgan fingerprint density at radius 3 is 2.48 bits per heavy atom.